The Morgan fingerprint density at radius 3 is 2.84 bits per heavy atom. The van der Waals surface area contributed by atoms with Gasteiger partial charge < -0.3 is 14.4 Å². The molecule has 1 heterocycles. The Bertz CT molecular complexity index is 453. The van der Waals surface area contributed by atoms with Crippen LogP contribution in [0.2, 0.25) is 0 Å². The van der Waals surface area contributed by atoms with Crippen molar-refractivity contribution in [2.75, 3.05) is 6.61 Å². The maximum atomic E-state index is 12.0. The van der Waals surface area contributed by atoms with Gasteiger partial charge >= 0.3 is 5.97 Å². The number of unbranched alkanes of at least 4 members (excludes halogenated alkanes) is 2. The predicted molar refractivity (Wildman–Crippen MR) is 72.6 cm³/mol. The van der Waals surface area contributed by atoms with E-state index in [1.807, 2.05) is 0 Å². The first kappa shape index (κ1) is 15.3. The van der Waals surface area contributed by atoms with E-state index in [1.165, 1.54) is 4.57 Å². The summed E-state index contributed by atoms with van der Waals surface area (Å²) in [6, 6.07) is 3.40. The van der Waals surface area contributed by atoms with Crippen molar-refractivity contribution in [3.05, 3.63) is 28.7 Å². The lowest BCUT2D eigenvalue weighted by molar-refractivity contribution is -0.137. The molecule has 1 N–H and O–H groups in total. The number of aromatic nitrogens is 1. The minimum absolute atomic E-state index is 0.0635. The molecule has 0 unspecified atom stereocenters. The molecule has 0 aliphatic heterocycles. The zero-order valence-corrected chi connectivity index (χ0v) is 11.3. The molecule has 0 aliphatic carbocycles. The fourth-order valence-electron chi connectivity index (χ4n) is 1.74. The number of hydrogen-bond donors (Lipinski definition) is 1. The highest BCUT2D eigenvalue weighted by molar-refractivity contribution is 5.66. The first-order chi connectivity index (χ1) is 9.15. The first-order valence-electron chi connectivity index (χ1n) is 6.69. The molecule has 106 valence electrons. The van der Waals surface area contributed by atoms with Gasteiger partial charge in [-0.15, -0.1) is 0 Å². The number of aliphatic carboxylic acids is 1. The molecule has 0 saturated carbocycles. The maximum Gasteiger partial charge on any atom is 0.303 e. The number of carbonyl (C=O) groups is 1. The molecular formula is C14H21NO4. The van der Waals surface area contributed by atoms with Gasteiger partial charge in [-0.25, -0.2) is 0 Å². The molecular weight excluding hydrogens is 246 g/mol. The van der Waals surface area contributed by atoms with E-state index in [4.69, 9.17) is 9.84 Å². The van der Waals surface area contributed by atoms with Gasteiger partial charge in [0.1, 0.15) is 0 Å². The Hall–Kier alpha value is -1.78. The molecule has 0 saturated heterocycles. The van der Waals surface area contributed by atoms with Crippen molar-refractivity contribution >= 4 is 5.97 Å². The molecule has 19 heavy (non-hydrogen) atoms. The monoisotopic (exact) mass is 267 g/mol. The number of ether oxygens (including phenoxy) is 1. The van der Waals surface area contributed by atoms with Crippen molar-refractivity contribution in [2.24, 2.45) is 0 Å². The van der Waals surface area contributed by atoms with Crippen LogP contribution in [0.15, 0.2) is 23.1 Å². The lowest BCUT2D eigenvalue weighted by Crippen LogP contribution is -2.22. The van der Waals surface area contributed by atoms with Crippen molar-refractivity contribution < 1.29 is 14.6 Å². The topological polar surface area (TPSA) is 68.5 Å². The van der Waals surface area contributed by atoms with Gasteiger partial charge in [0.25, 0.3) is 5.56 Å². The molecule has 1 aromatic rings. The average Bonchev–Trinajstić information content (AvgIpc) is 2.38. The number of carboxylic acids is 1. The van der Waals surface area contributed by atoms with E-state index in [0.717, 1.165) is 19.3 Å². The van der Waals surface area contributed by atoms with Crippen LogP contribution in [0.25, 0.3) is 0 Å². The molecule has 0 amide bonds. The Morgan fingerprint density at radius 2 is 2.16 bits per heavy atom. The maximum absolute atomic E-state index is 12.0. The van der Waals surface area contributed by atoms with Gasteiger partial charge in [-0.1, -0.05) is 19.8 Å². The summed E-state index contributed by atoms with van der Waals surface area (Å²) in [5, 5.41) is 8.57. The van der Waals surface area contributed by atoms with Crippen LogP contribution in [-0.2, 0) is 11.3 Å². The summed E-state index contributed by atoms with van der Waals surface area (Å²) in [5.41, 5.74) is -0.190. The average molecular weight is 267 g/mol. The van der Waals surface area contributed by atoms with E-state index in [-0.39, 0.29) is 12.0 Å². The van der Waals surface area contributed by atoms with Crippen molar-refractivity contribution in [1.82, 2.24) is 4.57 Å². The molecule has 1 rings (SSSR count). The van der Waals surface area contributed by atoms with Crippen LogP contribution < -0.4 is 10.3 Å². The van der Waals surface area contributed by atoms with E-state index in [1.54, 1.807) is 18.3 Å². The second kappa shape index (κ2) is 8.34. The highest BCUT2D eigenvalue weighted by Crippen LogP contribution is 2.05. The molecule has 0 radical (unpaired) electrons. The number of rotatable bonds is 9. The highest BCUT2D eigenvalue weighted by Gasteiger charge is 2.05. The van der Waals surface area contributed by atoms with Crippen LogP contribution in [0.4, 0.5) is 0 Å². The van der Waals surface area contributed by atoms with Crippen LogP contribution in [0.3, 0.4) is 0 Å². The Labute approximate surface area is 112 Å². The van der Waals surface area contributed by atoms with E-state index in [0.29, 0.717) is 25.3 Å². The van der Waals surface area contributed by atoms with Crippen LogP contribution in [0, 0.1) is 0 Å². The standard InChI is InChI=1S/C14H21NO4/c1-2-3-4-11-19-12-7-5-9-15(14(12)18)10-6-8-13(16)17/h5,7,9H,2-4,6,8,10-11H2,1H3,(H,16,17). The van der Waals surface area contributed by atoms with Gasteiger partial charge in [-0.05, 0) is 25.0 Å². The van der Waals surface area contributed by atoms with E-state index in [9.17, 15) is 9.59 Å². The quantitative estimate of drug-likeness (QED) is 0.697. The third-order valence-corrected chi connectivity index (χ3v) is 2.78. The van der Waals surface area contributed by atoms with Crippen LogP contribution in [-0.4, -0.2) is 22.2 Å². The summed E-state index contributed by atoms with van der Waals surface area (Å²) in [5.74, 6) is -0.506. The lowest BCUT2D eigenvalue weighted by atomic mass is 10.3. The van der Waals surface area contributed by atoms with Gasteiger partial charge in [-0.3, -0.25) is 9.59 Å². The van der Waals surface area contributed by atoms with E-state index >= 15 is 0 Å². The molecule has 5 heteroatoms. The molecule has 0 bridgehead atoms. The summed E-state index contributed by atoms with van der Waals surface area (Å²) < 4.78 is 6.96. The number of carboxylic acid groups (broad SMARTS) is 1. The SMILES string of the molecule is CCCCCOc1cccn(CCCC(=O)O)c1=O. The van der Waals surface area contributed by atoms with Crippen molar-refractivity contribution in [3.8, 4) is 5.75 Å². The van der Waals surface area contributed by atoms with Gasteiger partial charge in [0.2, 0.25) is 0 Å². The van der Waals surface area contributed by atoms with Crippen LogP contribution in [0.1, 0.15) is 39.0 Å². The minimum Gasteiger partial charge on any atom is -0.488 e. The zero-order chi connectivity index (χ0) is 14.1. The van der Waals surface area contributed by atoms with Crippen molar-refractivity contribution in [1.29, 1.82) is 0 Å². The Kier molecular flexibility index (Phi) is 6.71. The van der Waals surface area contributed by atoms with Gasteiger partial charge in [0.05, 0.1) is 6.61 Å². The van der Waals surface area contributed by atoms with Gasteiger partial charge in [-0.2, -0.15) is 0 Å². The summed E-state index contributed by atoms with van der Waals surface area (Å²) in [7, 11) is 0. The third kappa shape index (κ3) is 5.59. The summed E-state index contributed by atoms with van der Waals surface area (Å²) in [4.78, 5) is 22.4. The second-order valence-corrected chi connectivity index (χ2v) is 4.42. The molecule has 0 aromatic carbocycles. The summed E-state index contributed by atoms with van der Waals surface area (Å²) in [6.07, 6.45) is 5.28. The summed E-state index contributed by atoms with van der Waals surface area (Å²) in [6.45, 7) is 3.05. The van der Waals surface area contributed by atoms with Crippen LogP contribution in [0.5, 0.6) is 5.75 Å². The minimum atomic E-state index is -0.847. The Morgan fingerprint density at radius 1 is 1.37 bits per heavy atom. The van der Waals surface area contributed by atoms with Gasteiger partial charge in [0, 0.05) is 19.2 Å². The number of nitrogens with zero attached hydrogens (tertiary/aromatic N) is 1. The van der Waals surface area contributed by atoms with Crippen LogP contribution >= 0.6 is 0 Å². The number of pyridine rings is 1. The van der Waals surface area contributed by atoms with Crippen molar-refractivity contribution in [2.45, 2.75) is 45.6 Å². The molecule has 0 aliphatic rings. The summed E-state index contributed by atoms with van der Waals surface area (Å²) >= 11 is 0. The molecule has 0 spiro atoms. The van der Waals surface area contributed by atoms with E-state index in [2.05, 4.69) is 6.92 Å². The molecule has 0 fully saturated rings. The number of aryl methyl sites for hydroxylation is 1. The first-order valence-corrected chi connectivity index (χ1v) is 6.69. The molecule has 0 atom stereocenters. The number of hydrogen-bond acceptors (Lipinski definition) is 3. The largest absolute Gasteiger partial charge is 0.488 e. The highest BCUT2D eigenvalue weighted by atomic mass is 16.5. The molecule has 1 aromatic heterocycles. The zero-order valence-electron chi connectivity index (χ0n) is 11.3. The lowest BCUT2D eigenvalue weighted by Gasteiger charge is -2.08. The smallest absolute Gasteiger partial charge is 0.303 e. The fraction of sp³-hybridized carbons (Fsp3) is 0.571. The predicted octanol–water partition coefficient (Wildman–Crippen LogP) is 2.28. The fourth-order valence-corrected chi connectivity index (χ4v) is 1.74. The third-order valence-electron chi connectivity index (χ3n) is 2.78. The Balaban J connectivity index is 2.54. The van der Waals surface area contributed by atoms with Gasteiger partial charge in [0.15, 0.2) is 5.75 Å². The molecule has 5 nitrogen and oxygen atoms in total. The van der Waals surface area contributed by atoms with Crippen molar-refractivity contribution in [3.63, 3.8) is 0 Å². The normalized spacial score (nSPS) is 10.4. The van der Waals surface area contributed by atoms with E-state index < -0.39 is 5.97 Å². The second-order valence-electron chi connectivity index (χ2n) is 4.42.